The number of esters is 1. The standard InChI is InChI=1S/C20H19N3O5S/c1-14-17(24)22-20(26)23(18(14)29-16-7-3-2-4-8-16)13-27-10-11-28-19(25)15-6-5-9-21-12-15/h2-9,12H,10-11,13H2,1H3,(H,22,24,26). The summed E-state index contributed by atoms with van der Waals surface area (Å²) < 4.78 is 12.0. The minimum Gasteiger partial charge on any atom is -0.460 e. The third kappa shape index (κ3) is 5.43. The summed E-state index contributed by atoms with van der Waals surface area (Å²) in [5.41, 5.74) is -0.229. The first kappa shape index (κ1) is 20.6. The van der Waals surface area contributed by atoms with Crippen LogP contribution in [-0.4, -0.2) is 33.7 Å². The maximum Gasteiger partial charge on any atom is 0.339 e. The van der Waals surface area contributed by atoms with Gasteiger partial charge in [-0.05, 0) is 31.2 Å². The predicted octanol–water partition coefficient (Wildman–Crippen LogP) is 2.22. The normalized spacial score (nSPS) is 10.7. The Labute approximate surface area is 170 Å². The molecular weight excluding hydrogens is 394 g/mol. The van der Waals surface area contributed by atoms with Gasteiger partial charge in [-0.15, -0.1) is 0 Å². The molecule has 2 heterocycles. The summed E-state index contributed by atoms with van der Waals surface area (Å²) in [4.78, 5) is 43.2. The quantitative estimate of drug-likeness (QED) is 0.343. The van der Waals surface area contributed by atoms with Gasteiger partial charge < -0.3 is 9.47 Å². The number of aromatic nitrogens is 3. The zero-order chi connectivity index (χ0) is 20.6. The molecule has 0 radical (unpaired) electrons. The molecule has 1 N–H and O–H groups in total. The van der Waals surface area contributed by atoms with Crippen LogP contribution in [0.5, 0.6) is 0 Å². The van der Waals surface area contributed by atoms with E-state index in [0.29, 0.717) is 16.2 Å². The molecule has 0 saturated carbocycles. The second kappa shape index (κ2) is 9.85. The maximum atomic E-state index is 12.3. The van der Waals surface area contributed by atoms with Crippen molar-refractivity contribution in [2.24, 2.45) is 0 Å². The number of hydrogen-bond acceptors (Lipinski definition) is 7. The molecule has 0 spiro atoms. The average molecular weight is 413 g/mol. The summed E-state index contributed by atoms with van der Waals surface area (Å²) in [7, 11) is 0. The minimum absolute atomic E-state index is 0.0198. The van der Waals surface area contributed by atoms with Gasteiger partial charge in [-0.1, -0.05) is 30.0 Å². The lowest BCUT2D eigenvalue weighted by Crippen LogP contribution is -2.33. The first-order chi connectivity index (χ1) is 14.1. The van der Waals surface area contributed by atoms with Crippen molar-refractivity contribution in [3.8, 4) is 0 Å². The Morgan fingerprint density at radius 3 is 2.66 bits per heavy atom. The highest BCUT2D eigenvalue weighted by molar-refractivity contribution is 7.99. The van der Waals surface area contributed by atoms with Crippen LogP contribution < -0.4 is 11.2 Å². The van der Waals surface area contributed by atoms with Crippen molar-refractivity contribution < 1.29 is 14.3 Å². The summed E-state index contributed by atoms with van der Waals surface area (Å²) in [6.07, 6.45) is 2.98. The molecule has 2 aromatic heterocycles. The summed E-state index contributed by atoms with van der Waals surface area (Å²) in [5, 5.41) is 0.498. The fourth-order valence-electron chi connectivity index (χ4n) is 2.42. The number of nitrogens with zero attached hydrogens (tertiary/aromatic N) is 2. The number of pyridine rings is 1. The van der Waals surface area contributed by atoms with E-state index in [1.54, 1.807) is 25.3 Å². The number of hydrogen-bond donors (Lipinski definition) is 1. The van der Waals surface area contributed by atoms with Crippen LogP contribution in [0.2, 0.25) is 0 Å². The second-order valence-electron chi connectivity index (χ2n) is 5.95. The fraction of sp³-hybridized carbons (Fsp3) is 0.200. The van der Waals surface area contributed by atoms with E-state index < -0.39 is 17.2 Å². The molecule has 150 valence electrons. The zero-order valence-electron chi connectivity index (χ0n) is 15.7. The van der Waals surface area contributed by atoms with Crippen LogP contribution in [0.4, 0.5) is 0 Å². The van der Waals surface area contributed by atoms with Crippen molar-refractivity contribution in [3.63, 3.8) is 0 Å². The van der Waals surface area contributed by atoms with E-state index >= 15 is 0 Å². The molecule has 8 nitrogen and oxygen atoms in total. The first-order valence-electron chi connectivity index (χ1n) is 8.78. The molecule has 3 aromatic rings. The van der Waals surface area contributed by atoms with E-state index in [0.717, 1.165) is 4.90 Å². The highest BCUT2D eigenvalue weighted by Gasteiger charge is 2.13. The van der Waals surface area contributed by atoms with Crippen LogP contribution >= 0.6 is 11.8 Å². The van der Waals surface area contributed by atoms with Gasteiger partial charge in [0.2, 0.25) is 0 Å². The zero-order valence-corrected chi connectivity index (χ0v) is 16.5. The first-order valence-corrected chi connectivity index (χ1v) is 9.59. The van der Waals surface area contributed by atoms with Gasteiger partial charge in [-0.3, -0.25) is 19.3 Å². The number of benzene rings is 1. The number of nitrogens with one attached hydrogen (secondary N) is 1. The summed E-state index contributed by atoms with van der Waals surface area (Å²) in [6, 6.07) is 12.7. The van der Waals surface area contributed by atoms with Crippen molar-refractivity contribution in [1.82, 2.24) is 14.5 Å². The predicted molar refractivity (Wildman–Crippen MR) is 107 cm³/mol. The Balaban J connectivity index is 1.63. The number of ether oxygens (including phenoxy) is 2. The molecule has 29 heavy (non-hydrogen) atoms. The Morgan fingerprint density at radius 2 is 1.93 bits per heavy atom. The SMILES string of the molecule is Cc1c(Sc2ccccc2)n(COCCOC(=O)c2cccnc2)c(=O)[nH]c1=O. The molecule has 1 aromatic carbocycles. The Hall–Kier alpha value is -3.17. The Bertz CT molecular complexity index is 1080. The molecule has 0 aliphatic rings. The van der Waals surface area contributed by atoms with Crippen molar-refractivity contribution in [2.75, 3.05) is 13.2 Å². The van der Waals surface area contributed by atoms with Crippen LogP contribution in [-0.2, 0) is 16.2 Å². The van der Waals surface area contributed by atoms with E-state index in [2.05, 4.69) is 9.97 Å². The topological polar surface area (TPSA) is 103 Å². The summed E-state index contributed by atoms with van der Waals surface area (Å²) >= 11 is 1.31. The van der Waals surface area contributed by atoms with Gasteiger partial charge in [0.15, 0.2) is 0 Å². The van der Waals surface area contributed by atoms with Gasteiger partial charge in [0.05, 0.1) is 17.2 Å². The van der Waals surface area contributed by atoms with E-state index in [-0.39, 0.29) is 19.9 Å². The van der Waals surface area contributed by atoms with Crippen molar-refractivity contribution in [2.45, 2.75) is 23.6 Å². The van der Waals surface area contributed by atoms with Gasteiger partial charge in [-0.25, -0.2) is 9.59 Å². The Kier molecular flexibility index (Phi) is 6.99. The smallest absolute Gasteiger partial charge is 0.339 e. The molecule has 0 amide bonds. The minimum atomic E-state index is -0.564. The van der Waals surface area contributed by atoms with E-state index in [1.807, 2.05) is 30.3 Å². The van der Waals surface area contributed by atoms with Crippen LogP contribution in [0.3, 0.4) is 0 Å². The molecular formula is C20H19N3O5S. The lowest BCUT2D eigenvalue weighted by Gasteiger charge is -2.14. The molecule has 0 fully saturated rings. The largest absolute Gasteiger partial charge is 0.460 e. The van der Waals surface area contributed by atoms with Crippen LogP contribution in [0.25, 0.3) is 0 Å². The molecule has 9 heteroatoms. The van der Waals surface area contributed by atoms with Gasteiger partial charge in [0, 0.05) is 22.9 Å². The number of rotatable bonds is 8. The number of H-pyrrole nitrogens is 1. The van der Waals surface area contributed by atoms with Gasteiger partial charge in [0.25, 0.3) is 5.56 Å². The summed E-state index contributed by atoms with van der Waals surface area (Å²) in [6.45, 7) is 1.67. The van der Waals surface area contributed by atoms with E-state index in [4.69, 9.17) is 9.47 Å². The van der Waals surface area contributed by atoms with Gasteiger partial charge in [-0.2, -0.15) is 0 Å². The van der Waals surface area contributed by atoms with Crippen molar-refractivity contribution in [1.29, 1.82) is 0 Å². The number of aromatic amines is 1. The Morgan fingerprint density at radius 1 is 1.14 bits per heavy atom. The highest BCUT2D eigenvalue weighted by Crippen LogP contribution is 2.27. The molecule has 0 aliphatic carbocycles. The molecule has 0 atom stereocenters. The lowest BCUT2D eigenvalue weighted by molar-refractivity contribution is 0.0142. The lowest BCUT2D eigenvalue weighted by atomic mass is 10.3. The van der Waals surface area contributed by atoms with Crippen LogP contribution in [0.15, 0.2) is 74.4 Å². The van der Waals surface area contributed by atoms with E-state index in [1.165, 1.54) is 22.5 Å². The monoisotopic (exact) mass is 413 g/mol. The van der Waals surface area contributed by atoms with Crippen molar-refractivity contribution >= 4 is 17.7 Å². The molecule has 0 unspecified atom stereocenters. The third-order valence-corrected chi connectivity index (χ3v) is 5.14. The summed E-state index contributed by atoms with van der Waals surface area (Å²) in [5.74, 6) is -0.501. The third-order valence-electron chi connectivity index (χ3n) is 3.91. The van der Waals surface area contributed by atoms with Gasteiger partial charge >= 0.3 is 11.7 Å². The van der Waals surface area contributed by atoms with Crippen LogP contribution in [0.1, 0.15) is 15.9 Å². The molecule has 0 bridgehead atoms. The number of carbonyl (C=O) groups excluding carboxylic acids is 1. The van der Waals surface area contributed by atoms with Crippen molar-refractivity contribution in [3.05, 3.63) is 86.8 Å². The van der Waals surface area contributed by atoms with Gasteiger partial charge in [0.1, 0.15) is 13.3 Å². The second-order valence-corrected chi connectivity index (χ2v) is 7.01. The molecule has 0 saturated heterocycles. The molecule has 0 aliphatic heterocycles. The highest BCUT2D eigenvalue weighted by atomic mass is 32.2. The number of carbonyl (C=O) groups is 1. The maximum absolute atomic E-state index is 12.3. The van der Waals surface area contributed by atoms with Crippen LogP contribution in [0, 0.1) is 6.92 Å². The van der Waals surface area contributed by atoms with E-state index in [9.17, 15) is 14.4 Å². The molecule has 3 rings (SSSR count). The average Bonchev–Trinajstić information content (AvgIpc) is 2.74. The fourth-order valence-corrected chi connectivity index (χ4v) is 3.42.